The molecule has 0 aliphatic carbocycles. The van der Waals surface area contributed by atoms with Gasteiger partial charge in [0.15, 0.2) is 30.5 Å². The molecule has 8 heteroatoms. The lowest BCUT2D eigenvalue weighted by atomic mass is 10.2. The van der Waals surface area contributed by atoms with Crippen molar-refractivity contribution in [2.24, 2.45) is 0 Å². The van der Waals surface area contributed by atoms with E-state index in [1.165, 1.54) is 0 Å². The Morgan fingerprint density at radius 1 is 1.18 bits per heavy atom. The first-order valence-corrected chi connectivity index (χ1v) is 6.30. The minimum absolute atomic E-state index is 0.0185. The first kappa shape index (κ1) is 17.5. The van der Waals surface area contributed by atoms with Crippen LogP contribution in [0.5, 0.6) is 0 Å². The predicted molar refractivity (Wildman–Crippen MR) is 73.4 cm³/mol. The summed E-state index contributed by atoms with van der Waals surface area (Å²) in [6.07, 6.45) is 4.98. The monoisotopic (exact) mass is 314 g/mol. The van der Waals surface area contributed by atoms with Crippen LogP contribution in [0, 0.1) is 29.8 Å². The summed E-state index contributed by atoms with van der Waals surface area (Å²) in [5, 5.41) is 4.55. The van der Waals surface area contributed by atoms with Crippen molar-refractivity contribution in [2.75, 3.05) is 32.0 Å². The highest BCUT2D eigenvalue weighted by atomic mass is 19.2. The number of halogens is 3. The number of nitrogens with one attached hydrogen (secondary N) is 3. The van der Waals surface area contributed by atoms with E-state index in [1.54, 1.807) is 7.05 Å². The van der Waals surface area contributed by atoms with Crippen LogP contribution >= 0.6 is 0 Å². The SMILES string of the molecule is C#CCNC(=O)C[NH+](C)CC(=O)Nc1ccc(F)c(F)c1F. The van der Waals surface area contributed by atoms with Gasteiger partial charge in [-0.3, -0.25) is 9.59 Å². The molecule has 0 bridgehead atoms. The quantitative estimate of drug-likeness (QED) is 0.481. The molecule has 1 aromatic carbocycles. The number of hydrogen-bond donors (Lipinski definition) is 3. The molecule has 0 aliphatic rings. The van der Waals surface area contributed by atoms with Gasteiger partial charge < -0.3 is 15.5 Å². The molecule has 1 rings (SSSR count). The number of likely N-dealkylation sites (N-methyl/N-ethyl adjacent to an activating group) is 1. The molecule has 2 amide bonds. The number of rotatable bonds is 6. The second-order valence-corrected chi connectivity index (χ2v) is 4.56. The Hall–Kier alpha value is -2.53. The van der Waals surface area contributed by atoms with Crippen molar-refractivity contribution in [3.8, 4) is 12.3 Å². The van der Waals surface area contributed by atoms with Crippen molar-refractivity contribution < 1.29 is 27.7 Å². The fourth-order valence-electron chi connectivity index (χ4n) is 1.64. The molecule has 1 atom stereocenters. The van der Waals surface area contributed by atoms with Crippen LogP contribution in [-0.2, 0) is 9.59 Å². The summed E-state index contributed by atoms with van der Waals surface area (Å²) in [6.45, 7) is -0.102. The largest absolute Gasteiger partial charge is 0.340 e. The maximum Gasteiger partial charge on any atom is 0.279 e. The minimum atomic E-state index is -1.66. The van der Waals surface area contributed by atoms with Crippen molar-refractivity contribution in [1.29, 1.82) is 0 Å². The van der Waals surface area contributed by atoms with E-state index in [0.29, 0.717) is 11.0 Å². The molecular formula is C14H15F3N3O2+. The molecule has 0 spiro atoms. The predicted octanol–water partition coefficient (Wildman–Crippen LogP) is -0.693. The molecule has 0 aliphatic heterocycles. The normalized spacial score (nSPS) is 11.4. The third kappa shape index (κ3) is 5.10. The van der Waals surface area contributed by atoms with E-state index in [1.807, 2.05) is 0 Å². The molecule has 0 saturated carbocycles. The van der Waals surface area contributed by atoms with E-state index in [2.05, 4.69) is 16.6 Å². The second-order valence-electron chi connectivity index (χ2n) is 4.56. The Bertz CT molecular complexity index is 614. The van der Waals surface area contributed by atoms with Crippen LogP contribution in [0.2, 0.25) is 0 Å². The molecule has 0 radical (unpaired) electrons. The Morgan fingerprint density at radius 3 is 2.45 bits per heavy atom. The summed E-state index contributed by atoms with van der Waals surface area (Å²) in [5.74, 6) is -3.24. The molecule has 118 valence electrons. The molecule has 0 saturated heterocycles. The summed E-state index contributed by atoms with van der Waals surface area (Å²) in [6, 6.07) is 1.62. The molecule has 5 nitrogen and oxygen atoms in total. The molecule has 0 aromatic heterocycles. The number of amides is 2. The van der Waals surface area contributed by atoms with Gasteiger partial charge in [-0.25, -0.2) is 13.2 Å². The lowest BCUT2D eigenvalue weighted by molar-refractivity contribution is -0.862. The summed E-state index contributed by atoms with van der Waals surface area (Å²) in [7, 11) is 1.57. The summed E-state index contributed by atoms with van der Waals surface area (Å²) >= 11 is 0. The van der Waals surface area contributed by atoms with Crippen molar-refractivity contribution in [3.63, 3.8) is 0 Å². The Labute approximate surface area is 125 Å². The van der Waals surface area contributed by atoms with Gasteiger partial charge in [-0.2, -0.15) is 0 Å². The molecule has 0 heterocycles. The average Bonchev–Trinajstić information content (AvgIpc) is 2.45. The highest BCUT2D eigenvalue weighted by Gasteiger charge is 2.18. The summed E-state index contributed by atoms with van der Waals surface area (Å²) in [4.78, 5) is 23.6. The van der Waals surface area contributed by atoms with Gasteiger partial charge in [-0.05, 0) is 12.1 Å². The number of carbonyl (C=O) groups is 2. The lowest BCUT2D eigenvalue weighted by Crippen LogP contribution is -3.11. The standard InChI is InChI=1S/C14H14F3N3O2/c1-3-6-18-11(21)7-20(2)8-12(22)19-10-5-4-9(15)13(16)14(10)17/h1,4-5H,6-8H2,2H3,(H,18,21)(H,19,22)/p+1. The summed E-state index contributed by atoms with van der Waals surface area (Å²) < 4.78 is 39.2. The zero-order chi connectivity index (χ0) is 16.7. The van der Waals surface area contributed by atoms with Crippen LogP contribution in [0.3, 0.4) is 0 Å². The zero-order valence-corrected chi connectivity index (χ0v) is 11.8. The topological polar surface area (TPSA) is 62.6 Å². The van der Waals surface area contributed by atoms with Crippen molar-refractivity contribution >= 4 is 17.5 Å². The smallest absolute Gasteiger partial charge is 0.279 e. The third-order valence-electron chi connectivity index (χ3n) is 2.62. The van der Waals surface area contributed by atoms with Crippen LogP contribution in [-0.4, -0.2) is 38.5 Å². The van der Waals surface area contributed by atoms with E-state index in [9.17, 15) is 22.8 Å². The van der Waals surface area contributed by atoms with E-state index in [4.69, 9.17) is 6.42 Å². The van der Waals surface area contributed by atoms with E-state index >= 15 is 0 Å². The molecule has 22 heavy (non-hydrogen) atoms. The Morgan fingerprint density at radius 2 is 1.82 bits per heavy atom. The van der Waals surface area contributed by atoms with Crippen LogP contribution in [0.25, 0.3) is 0 Å². The van der Waals surface area contributed by atoms with Gasteiger partial charge in [0.25, 0.3) is 11.8 Å². The maximum atomic E-state index is 13.4. The van der Waals surface area contributed by atoms with Gasteiger partial charge in [0.2, 0.25) is 0 Å². The van der Waals surface area contributed by atoms with Crippen molar-refractivity contribution in [3.05, 3.63) is 29.6 Å². The number of hydrogen-bond acceptors (Lipinski definition) is 2. The molecular weight excluding hydrogens is 299 g/mol. The lowest BCUT2D eigenvalue weighted by Gasteiger charge is -2.13. The fourth-order valence-corrected chi connectivity index (χ4v) is 1.64. The van der Waals surface area contributed by atoms with Crippen LogP contribution in [0.1, 0.15) is 0 Å². The van der Waals surface area contributed by atoms with Crippen LogP contribution in [0.4, 0.5) is 18.9 Å². The van der Waals surface area contributed by atoms with Gasteiger partial charge in [0.05, 0.1) is 19.3 Å². The highest BCUT2D eigenvalue weighted by Crippen LogP contribution is 2.19. The first-order valence-electron chi connectivity index (χ1n) is 6.30. The second kappa shape index (κ2) is 8.05. The maximum absolute atomic E-state index is 13.4. The van der Waals surface area contributed by atoms with E-state index < -0.39 is 29.0 Å². The van der Waals surface area contributed by atoms with Gasteiger partial charge in [-0.1, -0.05) is 5.92 Å². The van der Waals surface area contributed by atoms with Gasteiger partial charge >= 0.3 is 0 Å². The van der Waals surface area contributed by atoms with E-state index in [-0.39, 0.29) is 25.5 Å². The average molecular weight is 314 g/mol. The highest BCUT2D eigenvalue weighted by molar-refractivity contribution is 5.91. The third-order valence-corrected chi connectivity index (χ3v) is 2.62. The molecule has 1 unspecified atom stereocenters. The number of anilines is 1. The minimum Gasteiger partial charge on any atom is -0.340 e. The Kier molecular flexibility index (Phi) is 6.41. The van der Waals surface area contributed by atoms with Gasteiger partial charge in [0.1, 0.15) is 0 Å². The first-order chi connectivity index (χ1) is 10.3. The molecule has 0 fully saturated rings. The number of benzene rings is 1. The number of carbonyl (C=O) groups excluding carboxylic acids is 2. The van der Waals surface area contributed by atoms with Gasteiger partial charge in [-0.15, -0.1) is 6.42 Å². The summed E-state index contributed by atoms with van der Waals surface area (Å²) in [5.41, 5.74) is -0.464. The zero-order valence-electron chi connectivity index (χ0n) is 11.8. The van der Waals surface area contributed by atoms with Crippen LogP contribution < -0.4 is 15.5 Å². The Balaban J connectivity index is 2.55. The van der Waals surface area contributed by atoms with Gasteiger partial charge in [0, 0.05) is 0 Å². The van der Waals surface area contributed by atoms with Crippen LogP contribution in [0.15, 0.2) is 12.1 Å². The number of quaternary nitrogens is 1. The fraction of sp³-hybridized carbons (Fsp3) is 0.286. The van der Waals surface area contributed by atoms with Crippen molar-refractivity contribution in [1.82, 2.24) is 5.32 Å². The van der Waals surface area contributed by atoms with E-state index in [0.717, 1.165) is 6.07 Å². The van der Waals surface area contributed by atoms with Crippen molar-refractivity contribution in [2.45, 2.75) is 0 Å². The molecule has 3 N–H and O–H groups in total. The number of terminal acetylenes is 1. The molecule has 1 aromatic rings.